The number of hydrogen-bond acceptors (Lipinski definition) is 4. The summed E-state index contributed by atoms with van der Waals surface area (Å²) in [5.41, 5.74) is 1.36. The molecule has 0 aromatic heterocycles. The molecular formula is C29H33BrFN3O4S. The van der Waals surface area contributed by atoms with Crippen molar-refractivity contribution in [3.8, 4) is 0 Å². The van der Waals surface area contributed by atoms with E-state index >= 15 is 0 Å². The predicted molar refractivity (Wildman–Crippen MR) is 154 cm³/mol. The zero-order valence-corrected chi connectivity index (χ0v) is 24.8. The van der Waals surface area contributed by atoms with Gasteiger partial charge in [-0.05, 0) is 63.6 Å². The van der Waals surface area contributed by atoms with Crippen molar-refractivity contribution >= 4 is 43.5 Å². The Labute approximate surface area is 238 Å². The number of hydrogen-bond donors (Lipinski definition) is 1. The van der Waals surface area contributed by atoms with Crippen molar-refractivity contribution in [1.29, 1.82) is 0 Å². The molecule has 1 N–H and O–H groups in total. The van der Waals surface area contributed by atoms with Crippen molar-refractivity contribution in [2.45, 2.75) is 57.6 Å². The Kier molecular flexibility index (Phi) is 10.3. The van der Waals surface area contributed by atoms with E-state index in [-0.39, 0.29) is 28.7 Å². The summed E-state index contributed by atoms with van der Waals surface area (Å²) < 4.78 is 43.9. The number of nitrogens with one attached hydrogen (secondary N) is 1. The highest BCUT2D eigenvalue weighted by Crippen LogP contribution is 2.27. The average molecular weight is 619 g/mol. The van der Waals surface area contributed by atoms with Crippen molar-refractivity contribution in [3.05, 3.63) is 94.2 Å². The van der Waals surface area contributed by atoms with E-state index in [2.05, 4.69) is 21.2 Å². The molecule has 0 saturated carbocycles. The molecule has 208 valence electrons. The third kappa shape index (κ3) is 7.67. The zero-order chi connectivity index (χ0) is 28.7. The number of benzene rings is 3. The Morgan fingerprint density at radius 1 is 1.00 bits per heavy atom. The number of rotatable bonds is 11. The summed E-state index contributed by atoms with van der Waals surface area (Å²) in [6.07, 6.45) is 0.686. The molecule has 39 heavy (non-hydrogen) atoms. The molecule has 2 amide bonds. The number of anilines is 1. The molecule has 0 radical (unpaired) electrons. The molecule has 0 heterocycles. The van der Waals surface area contributed by atoms with E-state index < -0.39 is 40.2 Å². The minimum Gasteiger partial charge on any atom is -0.352 e. The van der Waals surface area contributed by atoms with Crippen LogP contribution in [0.2, 0.25) is 0 Å². The first-order chi connectivity index (χ1) is 18.4. The first kappa shape index (κ1) is 30.3. The van der Waals surface area contributed by atoms with E-state index in [1.54, 1.807) is 49.4 Å². The normalized spacial score (nSPS) is 12.9. The fraction of sp³-hybridized carbons (Fsp3) is 0.310. The van der Waals surface area contributed by atoms with Gasteiger partial charge in [0.15, 0.2) is 0 Å². The molecular weight excluding hydrogens is 585 g/mol. The summed E-state index contributed by atoms with van der Waals surface area (Å²) in [7, 11) is -4.18. The van der Waals surface area contributed by atoms with Crippen LogP contribution in [0.5, 0.6) is 0 Å². The molecule has 0 bridgehead atoms. The van der Waals surface area contributed by atoms with Crippen molar-refractivity contribution < 1.29 is 22.4 Å². The molecule has 3 rings (SSSR count). The van der Waals surface area contributed by atoms with Crippen LogP contribution in [0.15, 0.2) is 82.2 Å². The smallest absolute Gasteiger partial charge is 0.264 e. The third-order valence-corrected chi connectivity index (χ3v) is 8.73. The van der Waals surface area contributed by atoms with Crippen LogP contribution in [0, 0.1) is 12.7 Å². The van der Waals surface area contributed by atoms with Crippen LogP contribution in [0.1, 0.15) is 38.3 Å². The maximum atomic E-state index is 14.6. The second-order valence-corrected chi connectivity index (χ2v) is 12.2. The van der Waals surface area contributed by atoms with Gasteiger partial charge in [-0.1, -0.05) is 64.8 Å². The van der Waals surface area contributed by atoms with E-state index in [4.69, 9.17) is 0 Å². The van der Waals surface area contributed by atoms with Crippen LogP contribution in [-0.2, 0) is 26.2 Å². The molecule has 0 aliphatic rings. The maximum absolute atomic E-state index is 14.6. The lowest BCUT2D eigenvalue weighted by atomic mass is 10.1. The zero-order valence-electron chi connectivity index (χ0n) is 22.4. The fourth-order valence-electron chi connectivity index (χ4n) is 3.86. The first-order valence-electron chi connectivity index (χ1n) is 12.6. The molecule has 10 heteroatoms. The SMILES string of the molecule is CC[C@H](C)NC(=O)[C@H](C)N(Cc1ccccc1F)C(=O)CN(c1cccc(Br)c1)S(=O)(=O)c1ccc(C)cc1. The highest BCUT2D eigenvalue weighted by atomic mass is 79.9. The molecule has 0 aliphatic carbocycles. The first-order valence-corrected chi connectivity index (χ1v) is 14.9. The quantitative estimate of drug-likeness (QED) is 0.311. The van der Waals surface area contributed by atoms with E-state index in [1.807, 2.05) is 20.8 Å². The van der Waals surface area contributed by atoms with Crippen molar-refractivity contribution in [2.24, 2.45) is 0 Å². The van der Waals surface area contributed by atoms with Gasteiger partial charge < -0.3 is 10.2 Å². The Morgan fingerprint density at radius 3 is 2.28 bits per heavy atom. The van der Waals surface area contributed by atoms with Crippen LogP contribution >= 0.6 is 15.9 Å². The lowest BCUT2D eigenvalue weighted by molar-refractivity contribution is -0.139. The van der Waals surface area contributed by atoms with Gasteiger partial charge in [0.25, 0.3) is 10.0 Å². The van der Waals surface area contributed by atoms with Crippen LogP contribution in [0.3, 0.4) is 0 Å². The Morgan fingerprint density at radius 2 is 1.67 bits per heavy atom. The lowest BCUT2D eigenvalue weighted by Crippen LogP contribution is -2.52. The Bertz CT molecular complexity index is 1420. The summed E-state index contributed by atoms with van der Waals surface area (Å²) in [4.78, 5) is 28.1. The second-order valence-electron chi connectivity index (χ2n) is 9.41. The van der Waals surface area contributed by atoms with Gasteiger partial charge in [0, 0.05) is 22.6 Å². The van der Waals surface area contributed by atoms with Gasteiger partial charge in [-0.25, -0.2) is 12.8 Å². The monoisotopic (exact) mass is 617 g/mol. The highest BCUT2D eigenvalue weighted by Gasteiger charge is 2.33. The Balaban J connectivity index is 2.04. The largest absolute Gasteiger partial charge is 0.352 e. The molecule has 7 nitrogen and oxygen atoms in total. The van der Waals surface area contributed by atoms with Gasteiger partial charge in [-0.15, -0.1) is 0 Å². The summed E-state index contributed by atoms with van der Waals surface area (Å²) in [6.45, 7) is 6.35. The van der Waals surface area contributed by atoms with Gasteiger partial charge in [-0.3, -0.25) is 13.9 Å². The number of sulfonamides is 1. The number of halogens is 2. The number of aryl methyl sites for hydroxylation is 1. The summed E-state index contributed by atoms with van der Waals surface area (Å²) in [6, 6.07) is 17.8. The topological polar surface area (TPSA) is 86.8 Å². The predicted octanol–water partition coefficient (Wildman–Crippen LogP) is 5.42. The van der Waals surface area contributed by atoms with E-state index in [0.717, 1.165) is 9.87 Å². The molecule has 0 saturated heterocycles. The van der Waals surface area contributed by atoms with Crippen molar-refractivity contribution in [2.75, 3.05) is 10.8 Å². The van der Waals surface area contributed by atoms with Crippen molar-refractivity contribution in [3.63, 3.8) is 0 Å². The Hall–Kier alpha value is -3.24. The molecule has 0 unspecified atom stereocenters. The van der Waals surface area contributed by atoms with Gasteiger partial charge in [-0.2, -0.15) is 0 Å². The molecule has 3 aromatic rings. The van der Waals surface area contributed by atoms with Crippen LogP contribution in [0.25, 0.3) is 0 Å². The summed E-state index contributed by atoms with van der Waals surface area (Å²) in [5.74, 6) is -1.59. The van der Waals surface area contributed by atoms with Crippen LogP contribution in [0.4, 0.5) is 10.1 Å². The number of nitrogens with zero attached hydrogens (tertiary/aromatic N) is 2. The minimum absolute atomic E-state index is 0.0177. The molecule has 3 aromatic carbocycles. The molecule has 0 aliphatic heterocycles. The van der Waals surface area contributed by atoms with E-state index in [0.29, 0.717) is 10.9 Å². The average Bonchev–Trinajstić information content (AvgIpc) is 2.90. The van der Waals surface area contributed by atoms with E-state index in [9.17, 15) is 22.4 Å². The van der Waals surface area contributed by atoms with Gasteiger partial charge in [0.05, 0.1) is 10.6 Å². The van der Waals surface area contributed by atoms with Crippen LogP contribution < -0.4 is 9.62 Å². The van der Waals surface area contributed by atoms with Gasteiger partial charge >= 0.3 is 0 Å². The molecule has 0 fully saturated rings. The fourth-order valence-corrected chi connectivity index (χ4v) is 5.65. The van der Waals surface area contributed by atoms with Crippen molar-refractivity contribution in [1.82, 2.24) is 10.2 Å². The van der Waals surface area contributed by atoms with E-state index in [1.165, 1.54) is 35.2 Å². The number of carbonyl (C=O) groups is 2. The molecule has 2 atom stereocenters. The highest BCUT2D eigenvalue weighted by molar-refractivity contribution is 9.10. The third-order valence-electron chi connectivity index (χ3n) is 6.45. The summed E-state index contributed by atoms with van der Waals surface area (Å²) >= 11 is 3.37. The lowest BCUT2D eigenvalue weighted by Gasteiger charge is -2.32. The van der Waals surface area contributed by atoms with Crippen LogP contribution in [-0.4, -0.2) is 43.8 Å². The number of amides is 2. The minimum atomic E-state index is -4.18. The van der Waals surface area contributed by atoms with Gasteiger partial charge in [0.1, 0.15) is 18.4 Å². The number of carbonyl (C=O) groups excluding carboxylic acids is 2. The standard InChI is InChI=1S/C29H33BrFN3O4S/c1-5-21(3)32-29(36)22(4)33(18-23-9-6-7-12-27(23)31)28(35)19-34(25-11-8-10-24(30)17-25)39(37,38)26-15-13-20(2)14-16-26/h6-17,21-22H,5,18-19H2,1-4H3,(H,32,36)/t21-,22-/m0/s1. The second kappa shape index (κ2) is 13.2. The summed E-state index contributed by atoms with van der Waals surface area (Å²) in [5, 5.41) is 2.85. The van der Waals surface area contributed by atoms with Gasteiger partial charge in [0.2, 0.25) is 11.8 Å². The molecule has 0 spiro atoms. The maximum Gasteiger partial charge on any atom is 0.264 e.